The van der Waals surface area contributed by atoms with Crippen molar-refractivity contribution in [2.45, 2.75) is 238 Å². The molecular weight excluding hydrogens is 494 g/mol. The van der Waals surface area contributed by atoms with Gasteiger partial charge < -0.3 is 4.90 Å². The van der Waals surface area contributed by atoms with Crippen molar-refractivity contribution in [3.05, 3.63) is 0 Å². The molecule has 1 nitrogen and oxygen atoms in total. The smallest absolute Gasteiger partial charge is 0.00248 e. The summed E-state index contributed by atoms with van der Waals surface area (Å²) in [6.45, 7) is 3.57. The van der Waals surface area contributed by atoms with Gasteiger partial charge in [0.2, 0.25) is 0 Å². The van der Waals surface area contributed by atoms with Crippen molar-refractivity contribution in [3.63, 3.8) is 0 Å². The Labute approximate surface area is 263 Å². The summed E-state index contributed by atoms with van der Waals surface area (Å²) in [6, 6.07) is 0. The Kier molecular flexibility index (Phi) is 37.9. The number of rotatable bonds is 37. The fraction of sp³-hybridized carbons (Fsp3) is 1.00. The van der Waals surface area contributed by atoms with Gasteiger partial charge in [-0.1, -0.05) is 232 Å². The third-order valence-corrected chi connectivity index (χ3v) is 9.46. The van der Waals surface area contributed by atoms with Gasteiger partial charge in [0.1, 0.15) is 0 Å². The summed E-state index contributed by atoms with van der Waals surface area (Å²) in [4.78, 5) is 2.31. The highest BCUT2D eigenvalue weighted by atomic mass is 15.0. The zero-order chi connectivity index (χ0) is 29.7. The summed E-state index contributed by atoms with van der Waals surface area (Å²) in [5.41, 5.74) is 0. The molecule has 41 heavy (non-hydrogen) atoms. The minimum atomic E-state index is 1.26. The van der Waals surface area contributed by atoms with Crippen LogP contribution in [0.15, 0.2) is 0 Å². The fourth-order valence-electron chi connectivity index (χ4n) is 6.51. The molecule has 0 N–H and O–H groups in total. The number of unbranched alkanes of at least 4 members (excludes halogenated alkanes) is 35. The molecule has 0 atom stereocenters. The lowest BCUT2D eigenvalue weighted by Gasteiger charge is -2.08. The molecule has 0 aliphatic heterocycles. The second kappa shape index (κ2) is 38.0. The summed E-state index contributed by atoms with van der Waals surface area (Å²) < 4.78 is 0. The average molecular weight is 578 g/mol. The van der Waals surface area contributed by atoms with Gasteiger partial charge in [0.15, 0.2) is 0 Å². The highest BCUT2D eigenvalue weighted by Gasteiger charge is 1.98. The van der Waals surface area contributed by atoms with Crippen molar-refractivity contribution < 1.29 is 0 Å². The Balaban J connectivity index is 3.03. The molecule has 0 radical (unpaired) electrons. The van der Waals surface area contributed by atoms with Crippen LogP contribution in [0.5, 0.6) is 0 Å². The zero-order valence-electron chi connectivity index (χ0n) is 29.6. The summed E-state index contributed by atoms with van der Waals surface area (Å²) in [7, 11) is 4.37. The van der Waals surface area contributed by atoms with Gasteiger partial charge in [-0.25, -0.2) is 0 Å². The molecule has 0 aromatic heterocycles. The first kappa shape index (κ1) is 41.0. The van der Waals surface area contributed by atoms with Crippen LogP contribution in [0.25, 0.3) is 0 Å². The predicted molar refractivity (Wildman–Crippen MR) is 190 cm³/mol. The minimum Gasteiger partial charge on any atom is -0.309 e. The lowest BCUT2D eigenvalue weighted by Crippen LogP contribution is -2.12. The molecule has 0 amide bonds. The van der Waals surface area contributed by atoms with Crippen LogP contribution in [-0.2, 0) is 0 Å². The first-order chi connectivity index (χ1) is 20.3. The third-order valence-electron chi connectivity index (χ3n) is 9.46. The van der Waals surface area contributed by atoms with E-state index in [2.05, 4.69) is 25.9 Å². The first-order valence-electron chi connectivity index (χ1n) is 19.9. The number of hydrogen-bond acceptors (Lipinski definition) is 1. The molecule has 1 heteroatoms. The summed E-state index contributed by atoms with van der Waals surface area (Å²) >= 11 is 0. The molecule has 0 fully saturated rings. The molecule has 0 rings (SSSR count). The van der Waals surface area contributed by atoms with Crippen LogP contribution in [0.3, 0.4) is 0 Å². The first-order valence-corrected chi connectivity index (χ1v) is 19.9. The van der Waals surface area contributed by atoms with E-state index in [0.29, 0.717) is 0 Å². The normalized spacial score (nSPS) is 11.7. The zero-order valence-corrected chi connectivity index (χ0v) is 29.6. The van der Waals surface area contributed by atoms with Crippen molar-refractivity contribution in [2.24, 2.45) is 0 Å². The van der Waals surface area contributed by atoms with E-state index < -0.39 is 0 Å². The molecule has 248 valence electrons. The Morgan fingerprint density at radius 2 is 0.366 bits per heavy atom. The van der Waals surface area contributed by atoms with Gasteiger partial charge in [-0.05, 0) is 27.1 Å². The van der Waals surface area contributed by atoms with Gasteiger partial charge in [0, 0.05) is 0 Å². The Bertz CT molecular complexity index is 431. The van der Waals surface area contributed by atoms with Crippen LogP contribution in [0.1, 0.15) is 238 Å². The van der Waals surface area contributed by atoms with E-state index in [1.54, 1.807) is 0 Å². The van der Waals surface area contributed by atoms with E-state index in [9.17, 15) is 0 Å². The van der Waals surface area contributed by atoms with E-state index in [1.807, 2.05) is 0 Å². The quantitative estimate of drug-likeness (QED) is 0.0664. The standard InChI is InChI=1S/C40H83N/c1-4-5-6-7-8-9-10-11-12-13-14-15-16-17-18-19-20-21-22-23-24-25-26-27-28-29-30-31-32-33-34-35-36-37-38-39-40-41(2)3/h4-40H2,1-3H3. The average Bonchev–Trinajstić information content (AvgIpc) is 2.97. The van der Waals surface area contributed by atoms with Crippen molar-refractivity contribution in [1.82, 2.24) is 4.90 Å². The molecule has 0 spiro atoms. The van der Waals surface area contributed by atoms with Crippen molar-refractivity contribution in [2.75, 3.05) is 20.6 Å². The number of nitrogens with zero attached hydrogens (tertiary/aromatic N) is 1. The monoisotopic (exact) mass is 578 g/mol. The summed E-state index contributed by atoms with van der Waals surface area (Å²) in [5, 5.41) is 0. The second-order valence-electron chi connectivity index (χ2n) is 14.2. The fourth-order valence-corrected chi connectivity index (χ4v) is 6.51. The van der Waals surface area contributed by atoms with Gasteiger partial charge in [-0.3, -0.25) is 0 Å². The third kappa shape index (κ3) is 40.0. The maximum absolute atomic E-state index is 2.31. The lowest BCUT2D eigenvalue weighted by molar-refractivity contribution is 0.389. The molecule has 0 bridgehead atoms. The molecule has 0 aliphatic rings. The highest BCUT2D eigenvalue weighted by molar-refractivity contribution is 4.53. The summed E-state index contributed by atoms with van der Waals surface area (Å²) in [6.07, 6.45) is 53.2. The van der Waals surface area contributed by atoms with Gasteiger partial charge in [0.05, 0.1) is 0 Å². The molecule has 0 heterocycles. The second-order valence-corrected chi connectivity index (χ2v) is 14.2. The molecule has 0 aromatic rings. The Morgan fingerprint density at radius 3 is 0.512 bits per heavy atom. The Morgan fingerprint density at radius 1 is 0.220 bits per heavy atom. The van der Waals surface area contributed by atoms with Gasteiger partial charge in [0.25, 0.3) is 0 Å². The van der Waals surface area contributed by atoms with Crippen LogP contribution >= 0.6 is 0 Å². The topological polar surface area (TPSA) is 3.24 Å². The van der Waals surface area contributed by atoms with Crippen LogP contribution in [0.2, 0.25) is 0 Å². The molecule has 0 saturated carbocycles. The molecule has 0 aliphatic carbocycles. The van der Waals surface area contributed by atoms with Crippen LogP contribution in [-0.4, -0.2) is 25.5 Å². The van der Waals surface area contributed by atoms with E-state index in [0.717, 1.165) is 0 Å². The van der Waals surface area contributed by atoms with Gasteiger partial charge in [-0.15, -0.1) is 0 Å². The molecule has 0 saturated heterocycles. The SMILES string of the molecule is CCCCCCCCCCCCCCCCCCCCCCCCCCCCCCCCCCCCCCN(C)C. The summed E-state index contributed by atoms with van der Waals surface area (Å²) in [5.74, 6) is 0. The van der Waals surface area contributed by atoms with Gasteiger partial charge in [-0.2, -0.15) is 0 Å². The van der Waals surface area contributed by atoms with E-state index in [-0.39, 0.29) is 0 Å². The minimum absolute atomic E-state index is 1.26. The largest absolute Gasteiger partial charge is 0.309 e. The molecular formula is C40H83N. The number of hydrogen-bond donors (Lipinski definition) is 0. The van der Waals surface area contributed by atoms with E-state index in [1.165, 1.54) is 238 Å². The van der Waals surface area contributed by atoms with Gasteiger partial charge >= 0.3 is 0 Å². The van der Waals surface area contributed by atoms with Crippen LogP contribution in [0, 0.1) is 0 Å². The van der Waals surface area contributed by atoms with Crippen LogP contribution < -0.4 is 0 Å². The van der Waals surface area contributed by atoms with E-state index >= 15 is 0 Å². The highest BCUT2D eigenvalue weighted by Crippen LogP contribution is 2.17. The maximum Gasteiger partial charge on any atom is -0.00248 e. The molecule has 0 unspecified atom stereocenters. The lowest BCUT2D eigenvalue weighted by atomic mass is 10.0. The maximum atomic E-state index is 2.31. The van der Waals surface area contributed by atoms with Crippen molar-refractivity contribution >= 4 is 0 Å². The Hall–Kier alpha value is -0.0400. The van der Waals surface area contributed by atoms with Crippen molar-refractivity contribution in [1.29, 1.82) is 0 Å². The molecule has 0 aromatic carbocycles. The predicted octanol–water partition coefficient (Wildman–Crippen LogP) is 14.6. The van der Waals surface area contributed by atoms with Crippen molar-refractivity contribution in [3.8, 4) is 0 Å². The van der Waals surface area contributed by atoms with Crippen LogP contribution in [0.4, 0.5) is 0 Å². The van der Waals surface area contributed by atoms with E-state index in [4.69, 9.17) is 0 Å².